The monoisotopic (exact) mass is 398 g/mol. The van der Waals surface area contributed by atoms with E-state index in [2.05, 4.69) is 10.1 Å². The second-order valence-electron chi connectivity index (χ2n) is 8.81. The van der Waals surface area contributed by atoms with Crippen LogP contribution in [0.1, 0.15) is 37.0 Å². The van der Waals surface area contributed by atoms with Crippen molar-refractivity contribution >= 4 is 12.0 Å². The predicted molar refractivity (Wildman–Crippen MR) is 105 cm³/mol. The molecule has 8 nitrogen and oxygen atoms in total. The van der Waals surface area contributed by atoms with Crippen molar-refractivity contribution in [2.45, 2.75) is 33.3 Å². The smallest absolute Gasteiger partial charge is 0.410 e. The van der Waals surface area contributed by atoms with Gasteiger partial charge in [0.05, 0.1) is 11.1 Å². The lowest BCUT2D eigenvalue weighted by atomic mass is 10.0. The van der Waals surface area contributed by atoms with Crippen LogP contribution in [0.5, 0.6) is 0 Å². The van der Waals surface area contributed by atoms with E-state index in [1.165, 1.54) is 0 Å². The number of likely N-dealkylation sites (tertiary alicyclic amines) is 2. The topological polar surface area (TPSA) is 88.8 Å². The molecule has 1 aromatic heterocycles. The van der Waals surface area contributed by atoms with Gasteiger partial charge in [-0.05, 0) is 39.8 Å². The first-order valence-electron chi connectivity index (χ1n) is 9.88. The molecule has 2 amide bonds. The summed E-state index contributed by atoms with van der Waals surface area (Å²) < 4.78 is 10.7. The van der Waals surface area contributed by atoms with Crippen LogP contribution in [0, 0.1) is 18.8 Å². The molecule has 2 atom stereocenters. The molecule has 0 aliphatic carbocycles. The van der Waals surface area contributed by atoms with Crippen molar-refractivity contribution in [3.8, 4) is 11.5 Å². The minimum Gasteiger partial charge on any atom is -0.444 e. The van der Waals surface area contributed by atoms with Crippen LogP contribution in [0.4, 0.5) is 4.79 Å². The van der Waals surface area contributed by atoms with Gasteiger partial charge in [-0.2, -0.15) is 4.98 Å². The van der Waals surface area contributed by atoms with Crippen molar-refractivity contribution in [2.75, 3.05) is 26.2 Å². The maximum Gasteiger partial charge on any atom is 0.410 e. The number of carbonyl (C=O) groups is 2. The van der Waals surface area contributed by atoms with Gasteiger partial charge >= 0.3 is 6.09 Å². The van der Waals surface area contributed by atoms with Crippen molar-refractivity contribution in [2.24, 2.45) is 11.8 Å². The van der Waals surface area contributed by atoms with Crippen LogP contribution >= 0.6 is 0 Å². The summed E-state index contributed by atoms with van der Waals surface area (Å²) in [6, 6.07) is 7.30. The van der Waals surface area contributed by atoms with Crippen LogP contribution in [0.15, 0.2) is 28.8 Å². The number of benzene rings is 1. The summed E-state index contributed by atoms with van der Waals surface area (Å²) in [7, 11) is 0. The SMILES string of the molecule is Cc1noc(-c2ccccc2C(=O)N2CC3CN(C(=O)OC(C)(C)C)CC3C2)n1. The molecular formula is C21H26N4O4. The van der Waals surface area contributed by atoms with Gasteiger partial charge in [-0.15, -0.1) is 0 Å². The van der Waals surface area contributed by atoms with Crippen LogP contribution in [0.25, 0.3) is 11.5 Å². The second kappa shape index (κ2) is 7.17. The molecule has 0 saturated carbocycles. The van der Waals surface area contributed by atoms with Crippen LogP contribution < -0.4 is 0 Å². The Morgan fingerprint density at radius 2 is 1.69 bits per heavy atom. The second-order valence-corrected chi connectivity index (χ2v) is 8.81. The van der Waals surface area contributed by atoms with Gasteiger partial charge in [0.2, 0.25) is 0 Å². The van der Waals surface area contributed by atoms with Gasteiger partial charge in [-0.25, -0.2) is 4.79 Å². The molecule has 29 heavy (non-hydrogen) atoms. The Bertz CT molecular complexity index is 919. The molecule has 2 unspecified atom stereocenters. The fourth-order valence-corrected chi connectivity index (χ4v) is 4.07. The van der Waals surface area contributed by atoms with Crippen molar-refractivity contribution in [3.05, 3.63) is 35.7 Å². The van der Waals surface area contributed by atoms with E-state index in [9.17, 15) is 9.59 Å². The molecule has 0 spiro atoms. The fourth-order valence-electron chi connectivity index (χ4n) is 4.07. The summed E-state index contributed by atoms with van der Waals surface area (Å²) in [5.41, 5.74) is 0.693. The van der Waals surface area contributed by atoms with E-state index in [0.717, 1.165) is 0 Å². The maximum atomic E-state index is 13.2. The van der Waals surface area contributed by atoms with E-state index in [1.807, 2.05) is 43.9 Å². The number of rotatable bonds is 2. The van der Waals surface area contributed by atoms with E-state index in [1.54, 1.807) is 17.9 Å². The molecule has 0 N–H and O–H groups in total. The lowest BCUT2D eigenvalue weighted by molar-refractivity contribution is 0.0275. The number of amides is 2. The Balaban J connectivity index is 1.45. The number of aryl methyl sites for hydroxylation is 1. The molecule has 0 radical (unpaired) electrons. The summed E-state index contributed by atoms with van der Waals surface area (Å²) in [6.07, 6.45) is -0.276. The third-order valence-electron chi connectivity index (χ3n) is 5.34. The highest BCUT2D eigenvalue weighted by Gasteiger charge is 2.44. The highest BCUT2D eigenvalue weighted by atomic mass is 16.6. The summed E-state index contributed by atoms with van der Waals surface area (Å²) in [5.74, 6) is 1.37. The molecule has 154 valence electrons. The average Bonchev–Trinajstić information content (AvgIpc) is 3.34. The van der Waals surface area contributed by atoms with Gasteiger partial charge in [0.15, 0.2) is 5.82 Å². The van der Waals surface area contributed by atoms with Gasteiger partial charge in [0.25, 0.3) is 11.8 Å². The zero-order valence-corrected chi connectivity index (χ0v) is 17.2. The van der Waals surface area contributed by atoms with Crippen molar-refractivity contribution < 1.29 is 18.8 Å². The van der Waals surface area contributed by atoms with Crippen molar-refractivity contribution in [1.82, 2.24) is 19.9 Å². The molecule has 1 aromatic carbocycles. The molecule has 2 fully saturated rings. The van der Waals surface area contributed by atoms with E-state index >= 15 is 0 Å². The van der Waals surface area contributed by atoms with Gasteiger partial charge in [0.1, 0.15) is 5.60 Å². The Hall–Kier alpha value is -2.90. The Labute approximate surface area is 169 Å². The first kappa shape index (κ1) is 19.4. The van der Waals surface area contributed by atoms with Gasteiger partial charge in [0, 0.05) is 38.0 Å². The van der Waals surface area contributed by atoms with Crippen molar-refractivity contribution in [1.29, 1.82) is 0 Å². The molecular weight excluding hydrogens is 372 g/mol. The highest BCUT2D eigenvalue weighted by Crippen LogP contribution is 2.34. The number of ether oxygens (including phenoxy) is 1. The molecule has 3 heterocycles. The third-order valence-corrected chi connectivity index (χ3v) is 5.34. The van der Waals surface area contributed by atoms with E-state index in [4.69, 9.17) is 9.26 Å². The van der Waals surface area contributed by atoms with Gasteiger partial charge in [-0.1, -0.05) is 17.3 Å². The van der Waals surface area contributed by atoms with Crippen molar-refractivity contribution in [3.63, 3.8) is 0 Å². The predicted octanol–water partition coefficient (Wildman–Crippen LogP) is 2.98. The normalized spacial score (nSPS) is 21.4. The molecule has 2 aliphatic rings. The third kappa shape index (κ3) is 3.97. The average molecular weight is 398 g/mol. The fraction of sp³-hybridized carbons (Fsp3) is 0.524. The number of hydrogen-bond donors (Lipinski definition) is 0. The van der Waals surface area contributed by atoms with E-state index in [-0.39, 0.29) is 23.8 Å². The molecule has 0 bridgehead atoms. The van der Waals surface area contributed by atoms with Crippen LogP contribution in [0.2, 0.25) is 0 Å². The maximum absolute atomic E-state index is 13.2. The number of nitrogens with zero attached hydrogens (tertiary/aromatic N) is 4. The zero-order valence-electron chi connectivity index (χ0n) is 17.2. The Morgan fingerprint density at radius 1 is 1.07 bits per heavy atom. The molecule has 2 saturated heterocycles. The van der Waals surface area contributed by atoms with E-state index < -0.39 is 5.60 Å². The zero-order chi connectivity index (χ0) is 20.8. The quantitative estimate of drug-likeness (QED) is 0.773. The van der Waals surface area contributed by atoms with Gasteiger partial charge in [-0.3, -0.25) is 4.79 Å². The lowest BCUT2D eigenvalue weighted by Gasteiger charge is -2.26. The van der Waals surface area contributed by atoms with E-state index in [0.29, 0.717) is 49.0 Å². The van der Waals surface area contributed by atoms with Gasteiger partial charge < -0.3 is 19.1 Å². The summed E-state index contributed by atoms with van der Waals surface area (Å²) >= 11 is 0. The summed E-state index contributed by atoms with van der Waals surface area (Å²) in [6.45, 7) is 9.83. The Morgan fingerprint density at radius 3 is 2.28 bits per heavy atom. The molecule has 4 rings (SSSR count). The largest absolute Gasteiger partial charge is 0.444 e. The number of carbonyl (C=O) groups excluding carboxylic acids is 2. The molecule has 2 aliphatic heterocycles. The first-order valence-corrected chi connectivity index (χ1v) is 9.88. The standard InChI is InChI=1S/C21H26N4O4/c1-13-22-18(29-23-13)16-7-5-6-8-17(16)19(26)24-9-14-11-25(12-15(14)10-24)20(27)28-21(2,3)4/h5-8,14-15H,9-12H2,1-4H3. The minimum absolute atomic E-state index is 0.0466. The number of fused-ring (bicyclic) bond motifs is 1. The first-order chi connectivity index (χ1) is 13.7. The molecule has 2 aromatic rings. The van der Waals surface area contributed by atoms with Crippen LogP contribution in [0.3, 0.4) is 0 Å². The summed E-state index contributed by atoms with van der Waals surface area (Å²) in [5, 5.41) is 3.83. The number of aromatic nitrogens is 2. The highest BCUT2D eigenvalue weighted by molar-refractivity contribution is 6.00. The summed E-state index contributed by atoms with van der Waals surface area (Å²) in [4.78, 5) is 33.4. The van der Waals surface area contributed by atoms with Crippen LogP contribution in [-0.4, -0.2) is 63.7 Å². The molecule has 8 heteroatoms. The van der Waals surface area contributed by atoms with Crippen LogP contribution in [-0.2, 0) is 4.74 Å². The number of hydrogen-bond acceptors (Lipinski definition) is 6. The lowest BCUT2D eigenvalue weighted by Crippen LogP contribution is -2.38. The minimum atomic E-state index is -0.506. The Kier molecular flexibility index (Phi) is 4.80.